The van der Waals surface area contributed by atoms with E-state index < -0.39 is 0 Å². The van der Waals surface area contributed by atoms with Crippen LogP contribution in [0.2, 0.25) is 0 Å². The molecule has 2 aliphatic heterocycles. The number of aryl methyl sites for hydroxylation is 1. The molecule has 2 amide bonds. The standard InChI is InChI=1S/C25H26N4O3/c1-17-7-9-19(10-8-17)13-28-22(11-12-26-25(28)31)23-27-21-16-32-15-20(21)24(30)29(23)14-18-5-3-2-4-6-18/h2-10,22H,11-16H2,1H3,(H,26,31). The molecule has 2 aromatic carbocycles. The topological polar surface area (TPSA) is 76.5 Å². The first kappa shape index (κ1) is 20.5. The van der Waals surface area contributed by atoms with Crippen molar-refractivity contribution in [1.29, 1.82) is 0 Å². The number of urea groups is 1. The third-order valence-corrected chi connectivity index (χ3v) is 6.15. The normalized spacial score (nSPS) is 17.8. The largest absolute Gasteiger partial charge is 0.370 e. The van der Waals surface area contributed by atoms with Crippen LogP contribution in [0.3, 0.4) is 0 Å². The van der Waals surface area contributed by atoms with Gasteiger partial charge in [0.15, 0.2) is 0 Å². The van der Waals surface area contributed by atoms with Gasteiger partial charge < -0.3 is 15.0 Å². The van der Waals surface area contributed by atoms with Gasteiger partial charge in [-0.3, -0.25) is 9.36 Å². The third-order valence-electron chi connectivity index (χ3n) is 6.15. The Bertz CT molecular complexity index is 1190. The van der Waals surface area contributed by atoms with E-state index in [-0.39, 0.29) is 24.2 Å². The number of nitrogens with one attached hydrogen (secondary N) is 1. The van der Waals surface area contributed by atoms with Crippen LogP contribution in [0.15, 0.2) is 59.4 Å². The van der Waals surface area contributed by atoms with Crippen molar-refractivity contribution in [3.63, 3.8) is 0 Å². The Morgan fingerprint density at radius 3 is 2.53 bits per heavy atom. The molecule has 32 heavy (non-hydrogen) atoms. The third kappa shape index (κ3) is 3.91. The van der Waals surface area contributed by atoms with Crippen LogP contribution in [0, 0.1) is 6.92 Å². The van der Waals surface area contributed by atoms with Gasteiger partial charge in [0.05, 0.1) is 37.1 Å². The van der Waals surface area contributed by atoms with Gasteiger partial charge in [0.1, 0.15) is 5.82 Å². The molecule has 1 saturated heterocycles. The minimum atomic E-state index is -0.299. The van der Waals surface area contributed by atoms with Crippen molar-refractivity contribution in [3.05, 3.63) is 98.7 Å². The van der Waals surface area contributed by atoms with E-state index in [1.54, 1.807) is 9.47 Å². The summed E-state index contributed by atoms with van der Waals surface area (Å²) in [7, 11) is 0. The number of carbonyl (C=O) groups is 1. The summed E-state index contributed by atoms with van der Waals surface area (Å²) in [6.45, 7) is 4.06. The molecule has 0 saturated carbocycles. The molecule has 7 heteroatoms. The van der Waals surface area contributed by atoms with Crippen LogP contribution in [0.1, 0.15) is 46.2 Å². The van der Waals surface area contributed by atoms with Crippen LogP contribution in [-0.4, -0.2) is 27.0 Å². The van der Waals surface area contributed by atoms with E-state index in [9.17, 15) is 9.59 Å². The van der Waals surface area contributed by atoms with Crippen LogP contribution in [0.5, 0.6) is 0 Å². The number of hydrogen-bond donors (Lipinski definition) is 1. The molecular weight excluding hydrogens is 404 g/mol. The van der Waals surface area contributed by atoms with Crippen LogP contribution in [0.25, 0.3) is 0 Å². The molecule has 0 bridgehead atoms. The van der Waals surface area contributed by atoms with Gasteiger partial charge in [-0.15, -0.1) is 0 Å². The summed E-state index contributed by atoms with van der Waals surface area (Å²) in [5, 5.41) is 2.95. The minimum absolute atomic E-state index is 0.0763. The Labute approximate surface area is 186 Å². The van der Waals surface area contributed by atoms with Crippen molar-refractivity contribution in [2.45, 2.75) is 45.7 Å². The average molecular weight is 431 g/mol. The number of ether oxygens (including phenoxy) is 1. The number of nitrogens with zero attached hydrogens (tertiary/aromatic N) is 3. The predicted octanol–water partition coefficient (Wildman–Crippen LogP) is 3.29. The van der Waals surface area contributed by atoms with Gasteiger partial charge in [0.25, 0.3) is 5.56 Å². The molecule has 3 aromatic rings. The SMILES string of the molecule is Cc1ccc(CN2C(=O)NCCC2c2nc3c(c(=O)n2Cc2ccccc2)COC3)cc1. The zero-order valence-corrected chi connectivity index (χ0v) is 18.1. The lowest BCUT2D eigenvalue weighted by Gasteiger charge is -2.36. The first-order chi connectivity index (χ1) is 15.6. The number of amides is 2. The highest BCUT2D eigenvalue weighted by atomic mass is 16.5. The van der Waals surface area contributed by atoms with E-state index >= 15 is 0 Å². The van der Waals surface area contributed by atoms with Crippen LogP contribution in [0.4, 0.5) is 4.79 Å². The fraction of sp³-hybridized carbons (Fsp3) is 0.320. The average Bonchev–Trinajstić information content (AvgIpc) is 3.28. The quantitative estimate of drug-likeness (QED) is 0.674. The molecule has 0 spiro atoms. The van der Waals surface area contributed by atoms with Crippen molar-refractivity contribution < 1.29 is 9.53 Å². The molecule has 1 fully saturated rings. The molecule has 164 valence electrons. The van der Waals surface area contributed by atoms with Crippen LogP contribution < -0.4 is 10.9 Å². The van der Waals surface area contributed by atoms with Crippen molar-refractivity contribution in [2.75, 3.05) is 6.54 Å². The molecule has 0 aliphatic carbocycles. The Hall–Kier alpha value is -3.45. The second-order valence-electron chi connectivity index (χ2n) is 8.41. The van der Waals surface area contributed by atoms with E-state index in [0.717, 1.165) is 11.1 Å². The van der Waals surface area contributed by atoms with Gasteiger partial charge >= 0.3 is 6.03 Å². The lowest BCUT2D eigenvalue weighted by molar-refractivity contribution is 0.132. The zero-order chi connectivity index (χ0) is 22.1. The summed E-state index contributed by atoms with van der Waals surface area (Å²) < 4.78 is 7.26. The van der Waals surface area contributed by atoms with E-state index in [1.165, 1.54) is 5.56 Å². The highest BCUT2D eigenvalue weighted by molar-refractivity contribution is 5.75. The van der Waals surface area contributed by atoms with Crippen molar-refractivity contribution >= 4 is 6.03 Å². The number of aromatic nitrogens is 2. The summed E-state index contributed by atoms with van der Waals surface area (Å²) in [4.78, 5) is 33.0. The lowest BCUT2D eigenvalue weighted by atomic mass is 10.1. The smallest absolute Gasteiger partial charge is 0.318 e. The number of carbonyl (C=O) groups excluding carboxylic acids is 1. The second kappa shape index (κ2) is 8.59. The fourth-order valence-electron chi connectivity index (χ4n) is 4.40. The molecule has 5 rings (SSSR count). The Morgan fingerprint density at radius 1 is 1.00 bits per heavy atom. The first-order valence-electron chi connectivity index (χ1n) is 10.9. The first-order valence-corrected chi connectivity index (χ1v) is 10.9. The lowest BCUT2D eigenvalue weighted by Crippen LogP contribution is -2.49. The second-order valence-corrected chi connectivity index (χ2v) is 8.41. The number of fused-ring (bicyclic) bond motifs is 1. The van der Waals surface area contributed by atoms with Gasteiger partial charge in [-0.05, 0) is 24.5 Å². The molecular formula is C25H26N4O3. The summed E-state index contributed by atoms with van der Waals surface area (Å²) in [5.41, 5.74) is 4.46. The zero-order valence-electron chi connectivity index (χ0n) is 18.1. The van der Waals surface area contributed by atoms with Gasteiger partial charge in [0, 0.05) is 13.1 Å². The van der Waals surface area contributed by atoms with Crippen molar-refractivity contribution in [3.8, 4) is 0 Å². The Balaban J connectivity index is 1.57. The van der Waals surface area contributed by atoms with Gasteiger partial charge in [-0.25, -0.2) is 9.78 Å². The summed E-state index contributed by atoms with van der Waals surface area (Å²) in [6, 6.07) is 17.6. The van der Waals surface area contributed by atoms with E-state index in [1.807, 2.05) is 61.5 Å². The number of hydrogen-bond acceptors (Lipinski definition) is 4. The van der Waals surface area contributed by atoms with Crippen molar-refractivity contribution in [1.82, 2.24) is 19.8 Å². The van der Waals surface area contributed by atoms with Gasteiger partial charge in [-0.1, -0.05) is 60.2 Å². The Morgan fingerprint density at radius 2 is 1.75 bits per heavy atom. The molecule has 0 radical (unpaired) electrons. The molecule has 1 unspecified atom stereocenters. The highest BCUT2D eigenvalue weighted by Gasteiger charge is 2.34. The number of benzene rings is 2. The molecule has 1 atom stereocenters. The van der Waals surface area contributed by atoms with Gasteiger partial charge in [-0.2, -0.15) is 0 Å². The molecule has 3 heterocycles. The summed E-state index contributed by atoms with van der Waals surface area (Å²) in [5.74, 6) is 0.630. The molecule has 7 nitrogen and oxygen atoms in total. The number of rotatable bonds is 5. The monoisotopic (exact) mass is 430 g/mol. The van der Waals surface area contributed by atoms with E-state index in [4.69, 9.17) is 9.72 Å². The van der Waals surface area contributed by atoms with E-state index in [2.05, 4.69) is 5.32 Å². The van der Waals surface area contributed by atoms with E-state index in [0.29, 0.717) is 49.7 Å². The maximum absolute atomic E-state index is 13.4. The predicted molar refractivity (Wildman–Crippen MR) is 120 cm³/mol. The summed E-state index contributed by atoms with van der Waals surface area (Å²) in [6.07, 6.45) is 0.679. The Kier molecular flexibility index (Phi) is 5.49. The van der Waals surface area contributed by atoms with Crippen LogP contribution in [-0.2, 0) is 31.0 Å². The maximum atomic E-state index is 13.4. The fourth-order valence-corrected chi connectivity index (χ4v) is 4.40. The summed E-state index contributed by atoms with van der Waals surface area (Å²) >= 11 is 0. The maximum Gasteiger partial charge on any atom is 0.318 e. The highest BCUT2D eigenvalue weighted by Crippen LogP contribution is 2.29. The molecule has 1 aromatic heterocycles. The van der Waals surface area contributed by atoms with Gasteiger partial charge in [0.2, 0.25) is 0 Å². The molecule has 2 aliphatic rings. The minimum Gasteiger partial charge on any atom is -0.370 e. The molecule has 1 N–H and O–H groups in total. The van der Waals surface area contributed by atoms with Crippen LogP contribution >= 0.6 is 0 Å². The van der Waals surface area contributed by atoms with Crippen molar-refractivity contribution in [2.24, 2.45) is 0 Å².